The SMILES string of the molecule is O=C(O)CC(=O)OCC1OC(OC2=Cc3c(O)cc(O)cc3OC2c2ccc(O)cc2)C(OC2OCC(O)C(O)C2O)C(O)C1O. The lowest BCUT2D eigenvalue weighted by Gasteiger charge is -2.45. The quantitative estimate of drug-likeness (QED) is 0.111. The molecule has 2 aromatic carbocycles. The third kappa shape index (κ3) is 7.11. The highest BCUT2D eigenvalue weighted by molar-refractivity contribution is 5.90. The summed E-state index contributed by atoms with van der Waals surface area (Å²) in [6.07, 6.45) is -16.1. The first-order chi connectivity index (χ1) is 21.8. The zero-order valence-electron chi connectivity index (χ0n) is 23.7. The van der Waals surface area contributed by atoms with E-state index in [9.17, 15) is 50.4 Å². The van der Waals surface area contributed by atoms with Gasteiger partial charge < -0.3 is 74.4 Å². The van der Waals surface area contributed by atoms with Gasteiger partial charge in [0.15, 0.2) is 18.5 Å². The summed E-state index contributed by atoms with van der Waals surface area (Å²) < 4.78 is 33.9. The number of carbonyl (C=O) groups excluding carboxylic acids is 1. The van der Waals surface area contributed by atoms with Gasteiger partial charge in [-0.2, -0.15) is 0 Å². The average Bonchev–Trinajstić information content (AvgIpc) is 3.00. The summed E-state index contributed by atoms with van der Waals surface area (Å²) in [5.41, 5.74) is 0.465. The molecule has 0 bridgehead atoms. The first-order valence-electron chi connectivity index (χ1n) is 13.9. The van der Waals surface area contributed by atoms with E-state index in [0.29, 0.717) is 5.56 Å². The van der Waals surface area contributed by atoms with E-state index in [-0.39, 0.29) is 28.6 Å². The van der Waals surface area contributed by atoms with Gasteiger partial charge in [-0.25, -0.2) is 0 Å². The van der Waals surface area contributed by atoms with Crippen molar-refractivity contribution in [2.45, 2.75) is 67.8 Å². The molecule has 0 radical (unpaired) electrons. The Morgan fingerprint density at radius 1 is 0.870 bits per heavy atom. The van der Waals surface area contributed by atoms with Crippen molar-refractivity contribution in [3.05, 3.63) is 53.3 Å². The maximum Gasteiger partial charge on any atom is 0.317 e. The highest BCUT2D eigenvalue weighted by Crippen LogP contribution is 2.45. The van der Waals surface area contributed by atoms with Crippen LogP contribution in [0.4, 0.5) is 0 Å². The number of carbonyl (C=O) groups is 2. The van der Waals surface area contributed by atoms with Crippen molar-refractivity contribution in [1.82, 2.24) is 0 Å². The second kappa shape index (κ2) is 13.7. The normalized spacial score (nSPS) is 32.4. The van der Waals surface area contributed by atoms with Gasteiger partial charge in [0.1, 0.15) is 78.4 Å². The number of esters is 1. The van der Waals surface area contributed by atoms with Crippen molar-refractivity contribution in [1.29, 1.82) is 0 Å². The number of carboxylic acid groups (broad SMARTS) is 1. The third-order valence-corrected chi connectivity index (χ3v) is 7.44. The van der Waals surface area contributed by atoms with E-state index in [2.05, 4.69) is 0 Å². The van der Waals surface area contributed by atoms with Crippen LogP contribution in [0.3, 0.4) is 0 Å². The predicted molar refractivity (Wildman–Crippen MR) is 147 cm³/mol. The molecular formula is C29H32O17. The monoisotopic (exact) mass is 652 g/mol. The molecule has 2 aromatic rings. The number of aliphatic hydroxyl groups excluding tert-OH is 5. The molecule has 10 atom stereocenters. The Morgan fingerprint density at radius 3 is 2.28 bits per heavy atom. The smallest absolute Gasteiger partial charge is 0.317 e. The topological polar surface area (TPSA) is 272 Å². The van der Waals surface area contributed by atoms with Crippen LogP contribution in [0.5, 0.6) is 23.0 Å². The molecular weight excluding hydrogens is 620 g/mol. The molecule has 0 aromatic heterocycles. The zero-order valence-corrected chi connectivity index (χ0v) is 23.7. The van der Waals surface area contributed by atoms with Crippen LogP contribution >= 0.6 is 0 Å². The molecule has 9 N–H and O–H groups in total. The number of carboxylic acids is 1. The summed E-state index contributed by atoms with van der Waals surface area (Å²) in [5.74, 6) is -3.45. The Morgan fingerprint density at radius 2 is 1.59 bits per heavy atom. The average molecular weight is 653 g/mol. The summed E-state index contributed by atoms with van der Waals surface area (Å²) in [6, 6.07) is 7.98. The van der Waals surface area contributed by atoms with E-state index < -0.39 is 98.7 Å². The number of benzene rings is 2. The summed E-state index contributed by atoms with van der Waals surface area (Å²) in [6.45, 7) is -1.20. The fourth-order valence-corrected chi connectivity index (χ4v) is 5.04. The molecule has 0 amide bonds. The fraction of sp³-hybridized carbons (Fsp3) is 0.448. The molecule has 3 aliphatic rings. The minimum Gasteiger partial charge on any atom is -0.508 e. The fourth-order valence-electron chi connectivity index (χ4n) is 5.04. The van der Waals surface area contributed by atoms with Crippen molar-refractivity contribution >= 4 is 18.0 Å². The Bertz CT molecular complexity index is 1440. The van der Waals surface area contributed by atoms with E-state index in [1.165, 1.54) is 36.4 Å². The van der Waals surface area contributed by atoms with Gasteiger partial charge >= 0.3 is 11.9 Å². The first-order valence-corrected chi connectivity index (χ1v) is 13.9. The largest absolute Gasteiger partial charge is 0.508 e. The summed E-state index contributed by atoms with van der Waals surface area (Å²) in [5, 5.41) is 91.5. The van der Waals surface area contributed by atoms with Gasteiger partial charge in [0.25, 0.3) is 0 Å². The molecule has 46 heavy (non-hydrogen) atoms. The van der Waals surface area contributed by atoms with Crippen molar-refractivity contribution in [2.24, 2.45) is 0 Å². The van der Waals surface area contributed by atoms with Gasteiger partial charge in [0.05, 0.1) is 12.2 Å². The van der Waals surface area contributed by atoms with Gasteiger partial charge in [-0.15, -0.1) is 0 Å². The van der Waals surface area contributed by atoms with Crippen LogP contribution in [0.15, 0.2) is 42.2 Å². The number of aromatic hydroxyl groups is 3. The molecule has 0 spiro atoms. The van der Waals surface area contributed by atoms with Gasteiger partial charge in [0, 0.05) is 17.7 Å². The van der Waals surface area contributed by atoms with Crippen LogP contribution in [0, 0.1) is 0 Å². The summed E-state index contributed by atoms with van der Waals surface area (Å²) >= 11 is 0. The van der Waals surface area contributed by atoms with Gasteiger partial charge in [-0.3, -0.25) is 9.59 Å². The number of hydrogen-bond acceptors (Lipinski definition) is 16. The Labute approximate surface area is 259 Å². The van der Waals surface area contributed by atoms with E-state index in [1.54, 1.807) is 0 Å². The Kier molecular flexibility index (Phi) is 9.85. The van der Waals surface area contributed by atoms with Crippen LogP contribution < -0.4 is 4.74 Å². The van der Waals surface area contributed by atoms with E-state index in [0.717, 1.165) is 6.07 Å². The van der Waals surface area contributed by atoms with Crippen LogP contribution in [0.25, 0.3) is 6.08 Å². The molecule has 17 heteroatoms. The first kappa shape index (κ1) is 33.2. The molecule has 250 valence electrons. The maximum absolute atomic E-state index is 11.9. The van der Waals surface area contributed by atoms with Crippen molar-refractivity contribution in [2.75, 3.05) is 13.2 Å². The molecule has 3 heterocycles. The van der Waals surface area contributed by atoms with Gasteiger partial charge in [0.2, 0.25) is 6.29 Å². The van der Waals surface area contributed by atoms with Crippen LogP contribution in [-0.2, 0) is 33.3 Å². The number of phenols is 3. The molecule has 2 saturated heterocycles. The van der Waals surface area contributed by atoms with Crippen molar-refractivity contribution in [3.63, 3.8) is 0 Å². The number of aliphatic carboxylic acids is 1. The molecule has 10 unspecified atom stereocenters. The number of phenolic OH excluding ortho intramolecular Hbond substituents is 3. The summed E-state index contributed by atoms with van der Waals surface area (Å²) in [7, 11) is 0. The minimum atomic E-state index is -1.91. The number of fused-ring (bicyclic) bond motifs is 1. The lowest BCUT2D eigenvalue weighted by molar-refractivity contribution is -0.352. The number of hydrogen-bond donors (Lipinski definition) is 9. The Balaban J connectivity index is 1.49. The molecule has 3 aliphatic heterocycles. The van der Waals surface area contributed by atoms with E-state index >= 15 is 0 Å². The summed E-state index contributed by atoms with van der Waals surface area (Å²) in [4.78, 5) is 22.7. The Hall–Kier alpha value is -4.20. The number of aliphatic hydroxyl groups is 5. The molecule has 0 saturated carbocycles. The maximum atomic E-state index is 11.9. The van der Waals surface area contributed by atoms with Crippen molar-refractivity contribution < 1.29 is 84.0 Å². The lowest BCUT2D eigenvalue weighted by Crippen LogP contribution is -2.63. The van der Waals surface area contributed by atoms with Gasteiger partial charge in [-0.05, 0) is 18.2 Å². The van der Waals surface area contributed by atoms with E-state index in [4.69, 9.17) is 33.5 Å². The molecule has 5 rings (SSSR count). The molecule has 17 nitrogen and oxygen atoms in total. The van der Waals surface area contributed by atoms with E-state index in [1.807, 2.05) is 0 Å². The minimum absolute atomic E-state index is 0.0465. The lowest BCUT2D eigenvalue weighted by atomic mass is 9.97. The number of rotatable bonds is 9. The van der Waals surface area contributed by atoms with Crippen LogP contribution in [0.2, 0.25) is 0 Å². The number of ether oxygens (including phenoxy) is 6. The van der Waals surface area contributed by atoms with Crippen LogP contribution in [0.1, 0.15) is 23.7 Å². The van der Waals surface area contributed by atoms with Gasteiger partial charge in [-0.1, -0.05) is 12.1 Å². The molecule has 0 aliphatic carbocycles. The molecule has 2 fully saturated rings. The van der Waals surface area contributed by atoms with Crippen LogP contribution in [-0.4, -0.2) is 126 Å². The standard InChI is InChI=1S/C29H32O17/c30-12-3-1-11(2-4-12)26-18(7-14-15(32)5-13(31)6-17(14)43-26)44-29-27(46-28-25(40)22(37)16(33)9-42-28)24(39)23(38)19(45-29)10-41-21(36)8-20(34)35/h1-7,16,19,22-33,37-40H,8-10H2,(H,34,35). The highest BCUT2D eigenvalue weighted by atomic mass is 16.8. The predicted octanol–water partition coefficient (Wildman–Crippen LogP) is -1.42. The third-order valence-electron chi connectivity index (χ3n) is 7.44. The van der Waals surface area contributed by atoms with Crippen molar-refractivity contribution in [3.8, 4) is 23.0 Å². The second-order valence-electron chi connectivity index (χ2n) is 10.8. The second-order valence-corrected chi connectivity index (χ2v) is 10.8. The highest BCUT2D eigenvalue weighted by Gasteiger charge is 2.51. The zero-order chi connectivity index (χ0) is 33.3.